The van der Waals surface area contributed by atoms with Gasteiger partial charge in [0.1, 0.15) is 5.60 Å². The number of carbonyl (C=O) groups is 2. The van der Waals surface area contributed by atoms with E-state index < -0.39 is 51.9 Å². The van der Waals surface area contributed by atoms with E-state index in [4.69, 9.17) is 18.3 Å². The third-order valence-corrected chi connectivity index (χ3v) is 24.8. The normalized spacial score (nSPS) is 24.8. The Balaban J connectivity index is 1.10. The third kappa shape index (κ3) is 7.55. The first-order valence-electron chi connectivity index (χ1n) is 23.0. The molecule has 4 aromatic carbocycles. The lowest BCUT2D eigenvalue weighted by Gasteiger charge is -2.48. The fraction of sp³-hybridized carbons (Fsp3) is 0.444. The van der Waals surface area contributed by atoms with Gasteiger partial charge < -0.3 is 23.4 Å². The SMILES string of the molecule is CC(=O)O[C@H]1C2=C(CC(CCCO[Si](c3ccccc3)(c3ccccc3)C(C)(C)C)CC2)C(=O)C(O)=C2C(C)(C)[C@H]3O[C@]21C[C@@H]3O[Si](c1ccccc1)(c1ccccc1)C(C)(C)C. The van der Waals surface area contributed by atoms with Crippen LogP contribution in [-0.2, 0) is 27.9 Å². The summed E-state index contributed by atoms with van der Waals surface area (Å²) >= 11 is 0. The number of ether oxygens (including phenoxy) is 2. The van der Waals surface area contributed by atoms with Crippen molar-refractivity contribution in [2.75, 3.05) is 6.61 Å². The Labute approximate surface area is 377 Å². The van der Waals surface area contributed by atoms with Crippen molar-refractivity contribution in [3.05, 3.63) is 144 Å². The van der Waals surface area contributed by atoms with Crippen molar-refractivity contribution < 1.29 is 33.0 Å². The van der Waals surface area contributed by atoms with Crippen LogP contribution >= 0.6 is 0 Å². The quantitative estimate of drug-likeness (QED) is 0.0863. The molecule has 1 N–H and O–H groups in total. The van der Waals surface area contributed by atoms with Crippen LogP contribution in [0.4, 0.5) is 0 Å². The summed E-state index contributed by atoms with van der Waals surface area (Å²) in [6.07, 6.45) is 2.13. The van der Waals surface area contributed by atoms with Gasteiger partial charge in [-0.25, -0.2) is 0 Å². The topological polar surface area (TPSA) is 91.3 Å². The van der Waals surface area contributed by atoms with E-state index in [9.17, 15) is 14.7 Å². The molecule has 1 spiro atoms. The standard InChI is InChI=1S/C54H66O7Si2/c1-37(55)59-49-43-33-32-38(23-22-34-58-62(51(2,3)4,39-24-14-10-15-25-39)40-26-16-11-17-27-40)35-44(43)46(56)47(57)48-53(8,9)50-45(36-54(48,49)60-50)61-63(52(5,6)7,41-28-18-12-19-29-41)42-30-20-13-21-31-42/h10-21,24-31,38,45,49-50,57H,22-23,32-36H2,1-9H3/t38?,45-,49-,50-,54+/m0/s1. The molecule has 9 heteroatoms. The summed E-state index contributed by atoms with van der Waals surface area (Å²) < 4.78 is 28.6. The molecule has 2 fully saturated rings. The molecule has 2 saturated heterocycles. The van der Waals surface area contributed by atoms with Crippen LogP contribution < -0.4 is 20.7 Å². The van der Waals surface area contributed by atoms with Gasteiger partial charge in [-0.1, -0.05) is 177 Å². The maximum Gasteiger partial charge on any atom is 0.303 e. The molecule has 332 valence electrons. The Hall–Kier alpha value is -4.39. The Morgan fingerprint density at radius 3 is 1.70 bits per heavy atom. The lowest BCUT2D eigenvalue weighted by atomic mass is 9.64. The second kappa shape index (κ2) is 16.9. The predicted octanol–water partition coefficient (Wildman–Crippen LogP) is 9.28. The van der Waals surface area contributed by atoms with Gasteiger partial charge in [0.2, 0.25) is 5.78 Å². The van der Waals surface area contributed by atoms with Gasteiger partial charge in [-0.15, -0.1) is 0 Å². The number of Topliss-reactive ketones (excluding diaryl/α,β-unsaturated/α-hetero) is 1. The van der Waals surface area contributed by atoms with Crippen molar-refractivity contribution in [1.82, 2.24) is 0 Å². The van der Waals surface area contributed by atoms with Crippen LogP contribution in [0.2, 0.25) is 10.1 Å². The van der Waals surface area contributed by atoms with Gasteiger partial charge >= 0.3 is 5.97 Å². The molecule has 2 heterocycles. The van der Waals surface area contributed by atoms with Crippen LogP contribution in [0, 0.1) is 11.3 Å². The molecule has 0 amide bonds. The minimum Gasteiger partial charge on any atom is -0.504 e. The molecular weight excluding hydrogens is 817 g/mol. The molecule has 5 atom stereocenters. The average Bonchev–Trinajstić information content (AvgIpc) is 3.73. The van der Waals surface area contributed by atoms with E-state index in [-0.39, 0.29) is 27.5 Å². The van der Waals surface area contributed by atoms with Gasteiger partial charge in [-0.05, 0) is 74.4 Å². The zero-order chi connectivity index (χ0) is 45.0. The van der Waals surface area contributed by atoms with Crippen LogP contribution in [0.3, 0.4) is 0 Å². The molecule has 0 radical (unpaired) electrons. The summed E-state index contributed by atoms with van der Waals surface area (Å²) in [5, 5.41) is 16.7. The van der Waals surface area contributed by atoms with Gasteiger partial charge in [0.05, 0.1) is 12.2 Å². The molecule has 2 bridgehead atoms. The molecule has 63 heavy (non-hydrogen) atoms. The molecule has 1 unspecified atom stereocenters. The molecule has 4 aromatic rings. The third-order valence-electron chi connectivity index (χ3n) is 14.6. The lowest BCUT2D eigenvalue weighted by Crippen LogP contribution is -2.69. The van der Waals surface area contributed by atoms with Gasteiger partial charge in [0, 0.05) is 36.5 Å². The van der Waals surface area contributed by atoms with E-state index in [1.807, 2.05) is 26.0 Å². The lowest BCUT2D eigenvalue weighted by molar-refractivity contribution is -0.156. The number of esters is 1. The molecule has 7 nitrogen and oxygen atoms in total. The highest BCUT2D eigenvalue weighted by atomic mass is 28.4. The first-order chi connectivity index (χ1) is 29.9. The fourth-order valence-corrected chi connectivity index (χ4v) is 21.4. The van der Waals surface area contributed by atoms with Gasteiger partial charge in [-0.3, -0.25) is 9.59 Å². The predicted molar refractivity (Wildman–Crippen MR) is 256 cm³/mol. The average molecular weight is 883 g/mol. The zero-order valence-electron chi connectivity index (χ0n) is 38.7. The van der Waals surface area contributed by atoms with Crippen molar-refractivity contribution in [3.8, 4) is 0 Å². The van der Waals surface area contributed by atoms with Crippen molar-refractivity contribution >= 4 is 49.1 Å². The summed E-state index contributed by atoms with van der Waals surface area (Å²) in [5.41, 5.74) is -0.198. The maximum atomic E-state index is 14.8. The van der Waals surface area contributed by atoms with Crippen LogP contribution in [0.1, 0.15) is 101 Å². The molecule has 0 saturated carbocycles. The highest BCUT2D eigenvalue weighted by Crippen LogP contribution is 2.64. The summed E-state index contributed by atoms with van der Waals surface area (Å²) in [6, 6.07) is 42.5. The van der Waals surface area contributed by atoms with E-state index in [1.54, 1.807) is 0 Å². The second-order valence-electron chi connectivity index (χ2n) is 21.0. The number of ketones is 1. The summed E-state index contributed by atoms with van der Waals surface area (Å²) in [6.45, 7) is 19.8. The van der Waals surface area contributed by atoms with Crippen molar-refractivity contribution in [1.29, 1.82) is 0 Å². The minimum atomic E-state index is -3.05. The number of fused-ring (bicyclic) bond motifs is 1. The number of allylic oxidation sites excluding steroid dienone is 1. The van der Waals surface area contributed by atoms with Crippen LogP contribution in [0.5, 0.6) is 0 Å². The number of aliphatic hydroxyl groups is 1. The molecule has 0 aromatic heterocycles. The van der Waals surface area contributed by atoms with Gasteiger partial charge in [0.25, 0.3) is 16.6 Å². The smallest absolute Gasteiger partial charge is 0.303 e. The first-order valence-corrected chi connectivity index (χ1v) is 26.8. The highest BCUT2D eigenvalue weighted by molar-refractivity contribution is 7.00. The summed E-state index contributed by atoms with van der Waals surface area (Å²) in [4.78, 5) is 27.9. The molecular formula is C54H66O7Si2. The Bertz CT molecular complexity index is 2280. The largest absolute Gasteiger partial charge is 0.504 e. The number of carbonyl (C=O) groups excluding carboxylic acids is 2. The van der Waals surface area contributed by atoms with E-state index in [0.29, 0.717) is 37.0 Å². The van der Waals surface area contributed by atoms with Crippen molar-refractivity contribution in [3.63, 3.8) is 0 Å². The molecule has 4 aliphatic rings. The zero-order valence-corrected chi connectivity index (χ0v) is 40.7. The molecule has 2 aliphatic heterocycles. The number of hydrogen-bond donors (Lipinski definition) is 1. The Morgan fingerprint density at radius 1 is 0.762 bits per heavy atom. The van der Waals surface area contributed by atoms with E-state index in [2.05, 4.69) is 151 Å². The number of benzene rings is 4. The molecule has 8 rings (SSSR count). The first kappa shape index (κ1) is 45.2. The van der Waals surface area contributed by atoms with E-state index in [0.717, 1.165) is 35.2 Å². The number of aliphatic hydroxyl groups excluding tert-OH is 1. The molecule has 2 aliphatic carbocycles. The monoisotopic (exact) mass is 882 g/mol. The van der Waals surface area contributed by atoms with Crippen molar-refractivity contribution in [2.24, 2.45) is 11.3 Å². The number of rotatable bonds is 12. The second-order valence-corrected chi connectivity index (χ2v) is 29.5. The van der Waals surface area contributed by atoms with Crippen LogP contribution in [0.15, 0.2) is 144 Å². The van der Waals surface area contributed by atoms with Gasteiger partial charge in [-0.2, -0.15) is 0 Å². The van der Waals surface area contributed by atoms with E-state index >= 15 is 0 Å². The minimum absolute atomic E-state index is 0.125. The maximum absolute atomic E-state index is 14.8. The fourth-order valence-electron chi connectivity index (χ4n) is 12.1. The van der Waals surface area contributed by atoms with Crippen LogP contribution in [0.25, 0.3) is 0 Å². The van der Waals surface area contributed by atoms with E-state index in [1.165, 1.54) is 17.3 Å². The number of hydrogen-bond acceptors (Lipinski definition) is 7. The summed E-state index contributed by atoms with van der Waals surface area (Å²) in [5.74, 6) is -0.878. The Morgan fingerprint density at radius 2 is 1.24 bits per heavy atom. The van der Waals surface area contributed by atoms with Crippen LogP contribution in [-0.4, -0.2) is 64.0 Å². The summed E-state index contributed by atoms with van der Waals surface area (Å²) in [7, 11) is -5.74. The Kier molecular flexibility index (Phi) is 12.1. The van der Waals surface area contributed by atoms with Gasteiger partial charge in [0.15, 0.2) is 11.9 Å². The highest BCUT2D eigenvalue weighted by Gasteiger charge is 2.72. The van der Waals surface area contributed by atoms with Crippen molar-refractivity contribution in [2.45, 2.75) is 135 Å².